The van der Waals surface area contributed by atoms with E-state index in [2.05, 4.69) is 9.98 Å². The van der Waals surface area contributed by atoms with E-state index in [0.29, 0.717) is 17.0 Å². The van der Waals surface area contributed by atoms with E-state index < -0.39 is 17.6 Å². The van der Waals surface area contributed by atoms with Crippen molar-refractivity contribution in [3.8, 4) is 16.9 Å². The van der Waals surface area contributed by atoms with Crippen LogP contribution >= 0.6 is 11.3 Å². The third-order valence-electron chi connectivity index (χ3n) is 5.59. The molecule has 0 aliphatic rings. The summed E-state index contributed by atoms with van der Waals surface area (Å²) in [6, 6.07) is 18.6. The monoisotopic (exact) mass is 521 g/mol. The quantitative estimate of drug-likeness (QED) is 0.180. The first-order valence-corrected chi connectivity index (χ1v) is 12.0. The van der Waals surface area contributed by atoms with E-state index in [1.165, 1.54) is 35.0 Å². The predicted octanol–water partition coefficient (Wildman–Crippen LogP) is 7.06. The van der Waals surface area contributed by atoms with Gasteiger partial charge in [-0.2, -0.15) is 18.3 Å². The number of nitrogens with zero attached hydrogens (tertiary/aromatic N) is 5. The Morgan fingerprint density at radius 1 is 0.946 bits per heavy atom. The van der Waals surface area contributed by atoms with E-state index in [9.17, 15) is 17.6 Å². The topological polar surface area (TPSA) is 47.5 Å². The van der Waals surface area contributed by atoms with Crippen LogP contribution in [0.5, 0.6) is 0 Å². The Balaban J connectivity index is 1.63. The third kappa shape index (κ3) is 5.29. The lowest BCUT2D eigenvalue weighted by Crippen LogP contribution is -2.14. The molecule has 5 nitrogen and oxygen atoms in total. The van der Waals surface area contributed by atoms with Crippen molar-refractivity contribution in [2.45, 2.75) is 13.1 Å². The fraction of sp³-hybridized carbons (Fsp3) is 0.0741. The molecule has 0 saturated heterocycles. The van der Waals surface area contributed by atoms with Gasteiger partial charge in [0.15, 0.2) is 0 Å². The maximum Gasteiger partial charge on any atom is 0.418 e. The maximum absolute atomic E-state index is 13.6. The van der Waals surface area contributed by atoms with Gasteiger partial charge in [-0.05, 0) is 61.0 Å². The highest BCUT2D eigenvalue weighted by atomic mass is 32.1. The summed E-state index contributed by atoms with van der Waals surface area (Å²) in [6.45, 7) is 1.80. The van der Waals surface area contributed by atoms with Crippen LogP contribution in [0.3, 0.4) is 0 Å². The number of aromatic nitrogens is 3. The van der Waals surface area contributed by atoms with E-state index in [1.807, 2.05) is 35.0 Å². The second-order valence-corrected chi connectivity index (χ2v) is 8.89. The predicted molar refractivity (Wildman–Crippen MR) is 136 cm³/mol. The number of alkyl halides is 3. The van der Waals surface area contributed by atoms with Gasteiger partial charge in [0.2, 0.25) is 4.80 Å². The van der Waals surface area contributed by atoms with Crippen molar-refractivity contribution in [2.24, 2.45) is 10.1 Å². The molecule has 0 aliphatic carbocycles. The Labute approximate surface area is 213 Å². The summed E-state index contributed by atoms with van der Waals surface area (Å²) in [4.78, 5) is 8.63. The minimum Gasteiger partial charge on any atom is -0.306 e. The van der Waals surface area contributed by atoms with Crippen LogP contribution in [0.15, 0.2) is 107 Å². The van der Waals surface area contributed by atoms with Crippen LogP contribution in [0.1, 0.15) is 18.1 Å². The molecule has 3 aromatic carbocycles. The van der Waals surface area contributed by atoms with Gasteiger partial charge < -0.3 is 4.57 Å². The summed E-state index contributed by atoms with van der Waals surface area (Å²) >= 11 is 1.15. The van der Waals surface area contributed by atoms with Gasteiger partial charge >= 0.3 is 6.18 Å². The lowest BCUT2D eigenvalue weighted by molar-refractivity contribution is -0.137. The molecule has 2 heterocycles. The van der Waals surface area contributed by atoms with Crippen molar-refractivity contribution in [1.29, 1.82) is 0 Å². The van der Waals surface area contributed by atoms with Gasteiger partial charge in [0.05, 0.1) is 29.0 Å². The number of para-hydroxylation sites is 1. The fourth-order valence-electron chi connectivity index (χ4n) is 3.70. The average Bonchev–Trinajstić information content (AvgIpc) is 3.56. The normalized spacial score (nSPS) is 12.8. The molecule has 0 saturated carbocycles. The van der Waals surface area contributed by atoms with Gasteiger partial charge in [-0.3, -0.25) is 0 Å². The van der Waals surface area contributed by atoms with Crippen LogP contribution < -0.4 is 4.80 Å². The molecule has 0 amide bonds. The van der Waals surface area contributed by atoms with Crippen LogP contribution in [0.4, 0.5) is 23.2 Å². The number of thiazole rings is 1. The molecule has 10 heteroatoms. The standard InChI is InChI=1S/C27H19F4N5S/c1-18(19-8-12-22(13-9-19)35-15-14-32-17-35)34-36-25(20-6-10-21(28)11-7-20)16-37-26(36)33-24-5-3-2-4-23(24)27(29,30)31/h2-17H,1H3/b33-26?,34-18+. The summed E-state index contributed by atoms with van der Waals surface area (Å²) in [5.41, 5.74) is 2.52. The fourth-order valence-corrected chi connectivity index (χ4v) is 4.54. The highest BCUT2D eigenvalue weighted by Gasteiger charge is 2.33. The average molecular weight is 522 g/mol. The summed E-state index contributed by atoms with van der Waals surface area (Å²) in [5.74, 6) is -0.396. The number of rotatable bonds is 5. The molecule has 37 heavy (non-hydrogen) atoms. The first-order valence-electron chi connectivity index (χ1n) is 11.1. The number of halogens is 4. The molecule has 0 N–H and O–H groups in total. The van der Waals surface area contributed by atoms with Crippen molar-refractivity contribution >= 4 is 22.7 Å². The lowest BCUT2D eigenvalue weighted by Gasteiger charge is -2.10. The number of hydrogen-bond donors (Lipinski definition) is 0. The highest BCUT2D eigenvalue weighted by Crippen LogP contribution is 2.36. The van der Waals surface area contributed by atoms with Crippen LogP contribution in [0, 0.1) is 5.82 Å². The van der Waals surface area contributed by atoms with Crippen molar-refractivity contribution in [1.82, 2.24) is 14.2 Å². The molecule has 5 aromatic rings. The smallest absolute Gasteiger partial charge is 0.306 e. The Morgan fingerprint density at radius 3 is 2.35 bits per heavy atom. The van der Waals surface area contributed by atoms with Crippen LogP contribution in [-0.2, 0) is 6.18 Å². The number of imidazole rings is 1. The molecule has 5 rings (SSSR count). The zero-order valence-electron chi connectivity index (χ0n) is 19.4. The summed E-state index contributed by atoms with van der Waals surface area (Å²) in [7, 11) is 0. The summed E-state index contributed by atoms with van der Waals surface area (Å²) < 4.78 is 57.7. The second-order valence-electron chi connectivity index (χ2n) is 8.05. The third-order valence-corrected chi connectivity index (χ3v) is 6.40. The van der Waals surface area contributed by atoms with E-state index >= 15 is 0 Å². The Bertz CT molecular complexity index is 1610. The van der Waals surface area contributed by atoms with Gasteiger partial charge in [0.25, 0.3) is 0 Å². The van der Waals surface area contributed by atoms with E-state index in [1.54, 1.807) is 37.0 Å². The molecule has 0 aliphatic heterocycles. The molecule has 2 aromatic heterocycles. The van der Waals surface area contributed by atoms with Gasteiger partial charge in [-0.15, -0.1) is 11.3 Å². The molecule has 186 valence electrons. The SMILES string of the molecule is C/C(=N\n1c(-c2ccc(F)cc2)csc1=Nc1ccccc1C(F)(F)F)c1ccc(-n2ccnc2)cc1. The van der Waals surface area contributed by atoms with Crippen molar-refractivity contribution < 1.29 is 17.6 Å². The Kier molecular flexibility index (Phi) is 6.58. The molecule has 0 unspecified atom stereocenters. The first kappa shape index (κ1) is 24.4. The Hall–Kier alpha value is -4.31. The lowest BCUT2D eigenvalue weighted by atomic mass is 10.1. The highest BCUT2D eigenvalue weighted by molar-refractivity contribution is 7.07. The Morgan fingerprint density at radius 2 is 1.68 bits per heavy atom. The van der Waals surface area contributed by atoms with Crippen molar-refractivity contribution in [2.75, 3.05) is 0 Å². The molecular weight excluding hydrogens is 502 g/mol. The summed E-state index contributed by atoms with van der Waals surface area (Å²) in [6.07, 6.45) is 0.655. The molecular formula is C27H19F4N5S. The number of hydrogen-bond acceptors (Lipinski definition) is 4. The molecule has 0 radical (unpaired) electrons. The van der Waals surface area contributed by atoms with Crippen molar-refractivity contribution in [3.63, 3.8) is 0 Å². The van der Waals surface area contributed by atoms with Crippen molar-refractivity contribution in [3.05, 3.63) is 119 Å². The van der Waals surface area contributed by atoms with Crippen LogP contribution in [0.25, 0.3) is 16.9 Å². The minimum atomic E-state index is -4.56. The molecule has 0 bridgehead atoms. The van der Waals surface area contributed by atoms with Gasteiger partial charge in [0.1, 0.15) is 5.82 Å². The van der Waals surface area contributed by atoms with Crippen LogP contribution in [-0.4, -0.2) is 19.9 Å². The zero-order valence-corrected chi connectivity index (χ0v) is 20.2. The molecule has 0 fully saturated rings. The largest absolute Gasteiger partial charge is 0.418 e. The minimum absolute atomic E-state index is 0.214. The number of benzene rings is 3. The summed E-state index contributed by atoms with van der Waals surface area (Å²) in [5, 5.41) is 6.46. The van der Waals surface area contributed by atoms with Gasteiger partial charge in [-0.1, -0.05) is 24.3 Å². The van der Waals surface area contributed by atoms with E-state index in [4.69, 9.17) is 5.10 Å². The molecule has 0 spiro atoms. The first-order chi connectivity index (χ1) is 17.8. The van der Waals surface area contributed by atoms with E-state index in [0.717, 1.165) is 28.7 Å². The zero-order chi connectivity index (χ0) is 26.0. The van der Waals surface area contributed by atoms with E-state index in [-0.39, 0.29) is 10.5 Å². The second kappa shape index (κ2) is 9.98. The van der Waals surface area contributed by atoms with Gasteiger partial charge in [0, 0.05) is 29.0 Å². The van der Waals surface area contributed by atoms with Crippen LogP contribution in [0.2, 0.25) is 0 Å². The molecule has 0 atom stereocenters. The van der Waals surface area contributed by atoms with Gasteiger partial charge in [-0.25, -0.2) is 19.0 Å². The maximum atomic E-state index is 13.6.